The van der Waals surface area contributed by atoms with Gasteiger partial charge in [0.2, 0.25) is 0 Å². The zero-order chi connectivity index (χ0) is 36.9. The first kappa shape index (κ1) is 41.3. The summed E-state index contributed by atoms with van der Waals surface area (Å²) in [4.78, 5) is 0. The minimum absolute atomic E-state index is 0.180. The smallest absolute Gasteiger partial charge is 0.445 e. The second kappa shape index (κ2) is 19.5. The molecular weight excluding hydrogens is 645 g/mol. The fourth-order valence-electron chi connectivity index (χ4n) is 5.01. The van der Waals surface area contributed by atoms with Crippen molar-refractivity contribution in [3.8, 4) is 0 Å². The zero-order valence-electron chi connectivity index (χ0n) is 32.2. The molecule has 0 radical (unpaired) electrons. The van der Waals surface area contributed by atoms with E-state index in [0.717, 1.165) is 33.1 Å². The molecule has 1 heterocycles. The third-order valence-corrected chi connectivity index (χ3v) is 7.59. The van der Waals surface area contributed by atoms with Gasteiger partial charge in [-0.2, -0.15) is 0 Å². The lowest BCUT2D eigenvalue weighted by atomic mass is 9.61. The second-order valence-corrected chi connectivity index (χ2v) is 15.7. The minimum Gasteiger partial charge on any atom is -0.445 e. The number of rotatable bonds is 18. The molecule has 1 aliphatic rings. The first-order chi connectivity index (χ1) is 24.1. The molecule has 1 saturated heterocycles. The van der Waals surface area contributed by atoms with Crippen LogP contribution in [0.25, 0.3) is 0 Å². The van der Waals surface area contributed by atoms with E-state index in [4.69, 9.17) is 42.1 Å². The topological polar surface area (TPSA) is 83.1 Å². The van der Waals surface area contributed by atoms with Crippen LogP contribution < -0.4 is 16.4 Å². The highest BCUT2D eigenvalue weighted by molar-refractivity contribution is 6.87. The summed E-state index contributed by atoms with van der Waals surface area (Å²) in [6.45, 7) is 23.1. The van der Waals surface area contributed by atoms with Crippen molar-refractivity contribution < 1.29 is 42.1 Å². The molecule has 0 aromatic heterocycles. The van der Waals surface area contributed by atoms with Crippen LogP contribution in [0.2, 0.25) is 0 Å². The highest BCUT2D eigenvalue weighted by Gasteiger charge is 2.43. The van der Waals surface area contributed by atoms with Crippen molar-refractivity contribution in [3.05, 3.63) is 89.5 Å². The molecule has 3 aromatic carbocycles. The van der Waals surface area contributed by atoms with Crippen molar-refractivity contribution in [2.75, 3.05) is 39.6 Å². The zero-order valence-corrected chi connectivity index (χ0v) is 32.2. The van der Waals surface area contributed by atoms with Crippen LogP contribution in [-0.2, 0) is 62.0 Å². The monoisotopic (exact) mass is 702 g/mol. The van der Waals surface area contributed by atoms with Crippen molar-refractivity contribution >= 4 is 37.7 Å². The minimum atomic E-state index is -0.652. The lowest BCUT2D eigenvalue weighted by Gasteiger charge is -2.31. The van der Waals surface area contributed by atoms with Crippen molar-refractivity contribution in [1.82, 2.24) is 0 Å². The van der Waals surface area contributed by atoms with Crippen LogP contribution in [0.1, 0.15) is 79.0 Å². The van der Waals surface area contributed by atoms with Crippen LogP contribution in [0.4, 0.5) is 0 Å². The van der Waals surface area contributed by atoms with E-state index in [2.05, 4.69) is 0 Å². The summed E-state index contributed by atoms with van der Waals surface area (Å²) in [6.07, 6.45) is 0. The Kier molecular flexibility index (Phi) is 15.8. The van der Waals surface area contributed by atoms with Gasteiger partial charge < -0.3 is 42.1 Å². The maximum absolute atomic E-state index is 6.43. The molecule has 276 valence electrons. The van der Waals surface area contributed by atoms with E-state index < -0.39 is 21.4 Å². The van der Waals surface area contributed by atoms with Crippen molar-refractivity contribution in [1.29, 1.82) is 0 Å². The van der Waals surface area contributed by atoms with Gasteiger partial charge in [-0.15, -0.1) is 0 Å². The van der Waals surface area contributed by atoms with Crippen LogP contribution in [0.5, 0.6) is 0 Å². The summed E-state index contributed by atoms with van der Waals surface area (Å²) in [5, 5.41) is 0. The summed E-state index contributed by atoms with van der Waals surface area (Å²) in [7, 11) is -1.96. The summed E-state index contributed by atoms with van der Waals surface area (Å²) in [6, 6.07) is 24.3. The molecule has 0 spiro atoms. The predicted octanol–water partition coefficient (Wildman–Crippen LogP) is 5.23. The Morgan fingerprint density at radius 2 is 0.608 bits per heavy atom. The van der Waals surface area contributed by atoms with Gasteiger partial charge in [0.25, 0.3) is 0 Å². The molecule has 0 unspecified atom stereocenters. The molecule has 0 amide bonds. The quantitative estimate of drug-likeness (QED) is 0.131. The van der Waals surface area contributed by atoms with E-state index in [1.807, 2.05) is 135 Å². The van der Waals surface area contributed by atoms with Crippen LogP contribution in [-0.4, -0.2) is 77.8 Å². The fraction of sp³-hybridized carbons (Fsp3) is 0.538. The van der Waals surface area contributed by atoms with Gasteiger partial charge in [0.15, 0.2) is 0 Å². The highest BCUT2D eigenvalue weighted by atomic mass is 16.7. The van der Waals surface area contributed by atoms with Gasteiger partial charge in [0, 0.05) is 0 Å². The number of hydrogen-bond acceptors (Lipinski definition) is 9. The van der Waals surface area contributed by atoms with Gasteiger partial charge in [0.05, 0.1) is 76.3 Å². The molecule has 9 nitrogen and oxygen atoms in total. The molecule has 0 aliphatic carbocycles. The molecule has 0 atom stereocenters. The summed E-state index contributed by atoms with van der Waals surface area (Å²) >= 11 is 0. The predicted molar refractivity (Wildman–Crippen MR) is 205 cm³/mol. The van der Waals surface area contributed by atoms with E-state index in [1.54, 1.807) is 0 Å². The van der Waals surface area contributed by atoms with E-state index >= 15 is 0 Å². The van der Waals surface area contributed by atoms with Gasteiger partial charge in [-0.1, -0.05) is 72.8 Å². The summed E-state index contributed by atoms with van der Waals surface area (Å²) in [5.74, 6) is 0. The van der Waals surface area contributed by atoms with Gasteiger partial charge in [-0.25, -0.2) is 0 Å². The molecule has 3 aromatic rings. The van der Waals surface area contributed by atoms with Crippen LogP contribution in [0.15, 0.2) is 72.8 Å². The lowest BCUT2D eigenvalue weighted by Crippen LogP contribution is -2.61. The number of benzene rings is 3. The lowest BCUT2D eigenvalue weighted by molar-refractivity contribution is -0.0378. The molecule has 0 bridgehead atoms. The van der Waals surface area contributed by atoms with Crippen molar-refractivity contribution in [3.63, 3.8) is 0 Å². The SMILES string of the molecule is CC(C)(C)OCCOCc1ccc(B2OB(c3ccc(COCCOC(C)(C)C)cc3)OB(c3ccc(COCCOC(C)(C)C)cc3)O2)cc1. The summed E-state index contributed by atoms with van der Waals surface area (Å²) < 4.78 is 54.0. The number of hydrogen-bond donors (Lipinski definition) is 0. The van der Waals surface area contributed by atoms with E-state index in [1.165, 1.54) is 0 Å². The average Bonchev–Trinajstić information content (AvgIpc) is 3.07. The van der Waals surface area contributed by atoms with E-state index in [9.17, 15) is 0 Å². The van der Waals surface area contributed by atoms with Crippen molar-refractivity contribution in [2.45, 2.75) is 98.9 Å². The van der Waals surface area contributed by atoms with Gasteiger partial charge >= 0.3 is 21.4 Å². The standard InChI is InChI=1S/C39H57B3O9/c1-37(2,3)46-25-22-43-28-31-10-16-34(17-11-31)40-49-41(35-18-12-32(13-19-35)29-44-23-26-47-38(4,5)6)51-42(50-40)36-20-14-33(15-21-36)30-45-24-27-48-39(7,8)9/h10-21H,22-30H2,1-9H3. The normalized spacial score (nSPS) is 14.4. The Morgan fingerprint density at radius 3 is 0.824 bits per heavy atom. The maximum atomic E-state index is 6.43. The Morgan fingerprint density at radius 1 is 0.373 bits per heavy atom. The first-order valence-electron chi connectivity index (χ1n) is 18.0. The summed E-state index contributed by atoms with van der Waals surface area (Å²) in [5.41, 5.74) is 5.29. The highest BCUT2D eigenvalue weighted by Crippen LogP contribution is 2.14. The molecule has 1 fully saturated rings. The average molecular weight is 702 g/mol. The fourth-order valence-corrected chi connectivity index (χ4v) is 5.01. The number of ether oxygens (including phenoxy) is 6. The molecule has 12 heteroatoms. The van der Waals surface area contributed by atoms with Crippen LogP contribution in [0.3, 0.4) is 0 Å². The van der Waals surface area contributed by atoms with E-state index in [-0.39, 0.29) is 16.8 Å². The molecular formula is C39H57B3O9. The molecule has 1 aliphatic heterocycles. The molecule has 0 N–H and O–H groups in total. The van der Waals surface area contributed by atoms with Gasteiger partial charge in [0.1, 0.15) is 0 Å². The Hall–Kier alpha value is -2.51. The van der Waals surface area contributed by atoms with Gasteiger partial charge in [-0.3, -0.25) is 0 Å². The maximum Gasteiger partial charge on any atom is 0.467 e. The Balaban J connectivity index is 1.40. The molecule has 0 saturated carbocycles. The van der Waals surface area contributed by atoms with Crippen molar-refractivity contribution in [2.24, 2.45) is 0 Å². The largest absolute Gasteiger partial charge is 0.467 e. The first-order valence-corrected chi connectivity index (χ1v) is 18.0. The molecule has 51 heavy (non-hydrogen) atoms. The second-order valence-electron chi connectivity index (χ2n) is 15.7. The van der Waals surface area contributed by atoms with E-state index in [0.29, 0.717) is 59.5 Å². The Bertz CT molecular complexity index is 1240. The molecule has 4 rings (SSSR count). The van der Waals surface area contributed by atoms with Crippen LogP contribution >= 0.6 is 0 Å². The Labute approximate surface area is 307 Å². The third kappa shape index (κ3) is 16.0. The third-order valence-electron chi connectivity index (χ3n) is 7.59. The van der Waals surface area contributed by atoms with Crippen LogP contribution in [0, 0.1) is 0 Å². The van der Waals surface area contributed by atoms with Gasteiger partial charge in [-0.05, 0) is 95.4 Å².